The molecule has 1 atom stereocenters. The molecule has 0 bridgehead atoms. The molecule has 8 heteroatoms. The van der Waals surface area contributed by atoms with Crippen molar-refractivity contribution < 1.29 is 19.2 Å². The number of anilines is 2. The summed E-state index contributed by atoms with van der Waals surface area (Å²) in [6.07, 6.45) is 2.65. The third-order valence-corrected chi connectivity index (χ3v) is 6.13. The summed E-state index contributed by atoms with van der Waals surface area (Å²) in [6, 6.07) is 8.51. The van der Waals surface area contributed by atoms with Gasteiger partial charge in [-0.05, 0) is 69.2 Å². The Morgan fingerprint density at radius 1 is 1.18 bits per heavy atom. The van der Waals surface area contributed by atoms with Gasteiger partial charge in [0.15, 0.2) is 0 Å². The molecular formula is C26H33N3O5. The molecule has 1 fully saturated rings. The van der Waals surface area contributed by atoms with Crippen LogP contribution >= 0.6 is 0 Å². The fourth-order valence-electron chi connectivity index (χ4n) is 4.53. The molecule has 2 aromatic carbocycles. The van der Waals surface area contributed by atoms with Gasteiger partial charge in [-0.15, -0.1) is 0 Å². The summed E-state index contributed by atoms with van der Waals surface area (Å²) in [5.74, 6) is -0.317. The quantitative estimate of drug-likeness (QED) is 0.244. The van der Waals surface area contributed by atoms with Crippen LogP contribution in [0.2, 0.25) is 0 Å². The van der Waals surface area contributed by atoms with Gasteiger partial charge in [0.1, 0.15) is 5.69 Å². The number of nitrogens with one attached hydrogen (secondary N) is 1. The van der Waals surface area contributed by atoms with Gasteiger partial charge < -0.3 is 15.0 Å². The number of nitrogens with zero attached hydrogens (tertiary/aromatic N) is 2. The van der Waals surface area contributed by atoms with E-state index < -0.39 is 10.9 Å². The van der Waals surface area contributed by atoms with Gasteiger partial charge in [0.25, 0.3) is 5.69 Å². The van der Waals surface area contributed by atoms with Crippen LogP contribution in [0.4, 0.5) is 17.1 Å². The molecule has 1 heterocycles. The number of nitro groups is 1. The molecule has 0 spiro atoms. The fourth-order valence-corrected chi connectivity index (χ4v) is 4.53. The van der Waals surface area contributed by atoms with E-state index in [0.717, 1.165) is 48.3 Å². The summed E-state index contributed by atoms with van der Waals surface area (Å²) in [4.78, 5) is 38.0. The average Bonchev–Trinajstić information content (AvgIpc) is 2.78. The van der Waals surface area contributed by atoms with Crippen molar-refractivity contribution in [1.29, 1.82) is 0 Å². The molecule has 0 aliphatic carbocycles. The van der Waals surface area contributed by atoms with Gasteiger partial charge >= 0.3 is 5.97 Å². The highest BCUT2D eigenvalue weighted by molar-refractivity contribution is 5.93. The minimum atomic E-state index is -0.632. The lowest BCUT2D eigenvalue weighted by Crippen LogP contribution is -2.34. The lowest BCUT2D eigenvalue weighted by Gasteiger charge is -2.32. The summed E-state index contributed by atoms with van der Waals surface area (Å²) in [7, 11) is 0. The number of ether oxygens (including phenoxy) is 1. The minimum Gasteiger partial charge on any atom is -0.462 e. The molecule has 1 amide bonds. The topological polar surface area (TPSA) is 102 Å². The van der Waals surface area contributed by atoms with Crippen molar-refractivity contribution in [3.05, 3.63) is 62.7 Å². The summed E-state index contributed by atoms with van der Waals surface area (Å²) in [6.45, 7) is 9.62. The van der Waals surface area contributed by atoms with Crippen molar-refractivity contribution in [2.45, 2.75) is 53.4 Å². The number of aryl methyl sites for hydroxylation is 3. The number of nitro benzene ring substituents is 1. The lowest BCUT2D eigenvalue weighted by molar-refractivity contribution is -0.384. The zero-order chi connectivity index (χ0) is 24.8. The van der Waals surface area contributed by atoms with Gasteiger partial charge in [0.05, 0.1) is 17.1 Å². The number of carbonyl (C=O) groups excluding carboxylic acids is 2. The summed E-state index contributed by atoms with van der Waals surface area (Å²) in [5, 5.41) is 14.6. The van der Waals surface area contributed by atoms with E-state index >= 15 is 0 Å². The highest BCUT2D eigenvalue weighted by atomic mass is 16.6. The van der Waals surface area contributed by atoms with Gasteiger partial charge in [0.2, 0.25) is 5.91 Å². The largest absolute Gasteiger partial charge is 0.462 e. The Balaban J connectivity index is 1.54. The predicted octanol–water partition coefficient (Wildman–Crippen LogP) is 5.33. The summed E-state index contributed by atoms with van der Waals surface area (Å²) in [5.41, 5.74) is 4.53. The van der Waals surface area contributed by atoms with Crippen LogP contribution in [-0.2, 0) is 9.53 Å². The summed E-state index contributed by atoms with van der Waals surface area (Å²) < 4.78 is 5.27. The monoisotopic (exact) mass is 467 g/mol. The van der Waals surface area contributed by atoms with Crippen molar-refractivity contribution in [2.75, 3.05) is 29.9 Å². The highest BCUT2D eigenvalue weighted by Crippen LogP contribution is 2.32. The van der Waals surface area contributed by atoms with Crippen LogP contribution in [-0.4, -0.2) is 36.5 Å². The molecule has 0 aromatic heterocycles. The third kappa shape index (κ3) is 6.34. The molecule has 182 valence electrons. The van der Waals surface area contributed by atoms with Crippen LogP contribution in [0.5, 0.6) is 0 Å². The van der Waals surface area contributed by atoms with E-state index in [-0.39, 0.29) is 30.2 Å². The first kappa shape index (κ1) is 25.2. The Kier molecular flexibility index (Phi) is 8.26. The molecule has 1 N–H and O–H groups in total. The fraction of sp³-hybridized carbons (Fsp3) is 0.462. The highest BCUT2D eigenvalue weighted by Gasteiger charge is 2.25. The van der Waals surface area contributed by atoms with Gasteiger partial charge in [-0.3, -0.25) is 14.9 Å². The zero-order valence-corrected chi connectivity index (χ0v) is 20.3. The maximum Gasteiger partial charge on any atom is 0.338 e. The number of esters is 1. The molecule has 34 heavy (non-hydrogen) atoms. The van der Waals surface area contributed by atoms with E-state index in [1.807, 2.05) is 37.8 Å². The van der Waals surface area contributed by atoms with Crippen LogP contribution in [0.1, 0.15) is 59.7 Å². The molecule has 0 saturated carbocycles. The van der Waals surface area contributed by atoms with Gasteiger partial charge in [-0.2, -0.15) is 0 Å². The number of carbonyl (C=O) groups is 2. The Morgan fingerprint density at radius 2 is 1.88 bits per heavy atom. The van der Waals surface area contributed by atoms with E-state index in [2.05, 4.69) is 12.2 Å². The second-order valence-corrected chi connectivity index (χ2v) is 9.22. The molecule has 2 aromatic rings. The van der Waals surface area contributed by atoms with Crippen LogP contribution < -0.4 is 10.2 Å². The standard InChI is InChI=1S/C26H33N3O5/c1-17-7-5-11-28(16-17)22-10-9-21(15-23(22)29(32)33)26(31)34-12-6-8-24(30)27-25-19(3)13-18(2)14-20(25)4/h9-10,13-15,17H,5-8,11-12,16H2,1-4H3,(H,27,30)/t17-/m0/s1. The van der Waals surface area contributed by atoms with Gasteiger partial charge in [0, 0.05) is 31.3 Å². The zero-order valence-electron chi connectivity index (χ0n) is 20.3. The van der Waals surface area contributed by atoms with E-state index in [1.54, 1.807) is 12.1 Å². The van der Waals surface area contributed by atoms with E-state index in [9.17, 15) is 19.7 Å². The number of amides is 1. The van der Waals surface area contributed by atoms with E-state index in [1.165, 1.54) is 6.07 Å². The van der Waals surface area contributed by atoms with Crippen molar-refractivity contribution in [2.24, 2.45) is 5.92 Å². The second kappa shape index (κ2) is 11.1. The molecule has 1 aliphatic heterocycles. The first-order chi connectivity index (χ1) is 16.2. The van der Waals surface area contributed by atoms with E-state index in [0.29, 0.717) is 18.0 Å². The predicted molar refractivity (Wildman–Crippen MR) is 133 cm³/mol. The molecule has 3 rings (SSSR count). The smallest absolute Gasteiger partial charge is 0.338 e. The molecule has 0 unspecified atom stereocenters. The van der Waals surface area contributed by atoms with Crippen molar-refractivity contribution in [1.82, 2.24) is 0 Å². The number of piperidine rings is 1. The number of rotatable bonds is 8. The molecule has 1 aliphatic rings. The van der Waals surface area contributed by atoms with Crippen LogP contribution in [0, 0.1) is 36.8 Å². The Hall–Kier alpha value is -3.42. The lowest BCUT2D eigenvalue weighted by atomic mass is 9.99. The SMILES string of the molecule is Cc1cc(C)c(NC(=O)CCCOC(=O)c2ccc(N3CCC[C@H](C)C3)c([N+](=O)[O-])c2)c(C)c1. The van der Waals surface area contributed by atoms with Crippen molar-refractivity contribution >= 4 is 28.9 Å². The van der Waals surface area contributed by atoms with Crippen LogP contribution in [0.25, 0.3) is 0 Å². The first-order valence-corrected chi connectivity index (χ1v) is 11.7. The Bertz CT molecular complexity index is 1060. The minimum absolute atomic E-state index is 0.0529. The maximum absolute atomic E-state index is 12.5. The van der Waals surface area contributed by atoms with Crippen LogP contribution in [0.3, 0.4) is 0 Å². The Labute approximate surface area is 200 Å². The number of hydrogen-bond donors (Lipinski definition) is 1. The van der Waals surface area contributed by atoms with E-state index in [4.69, 9.17) is 4.74 Å². The summed E-state index contributed by atoms with van der Waals surface area (Å²) >= 11 is 0. The third-order valence-electron chi connectivity index (χ3n) is 6.13. The van der Waals surface area contributed by atoms with Gasteiger partial charge in [-0.25, -0.2) is 4.79 Å². The van der Waals surface area contributed by atoms with Crippen molar-refractivity contribution in [3.8, 4) is 0 Å². The van der Waals surface area contributed by atoms with Gasteiger partial charge in [-0.1, -0.05) is 24.6 Å². The first-order valence-electron chi connectivity index (χ1n) is 11.7. The Morgan fingerprint density at radius 3 is 2.53 bits per heavy atom. The maximum atomic E-state index is 12.5. The average molecular weight is 468 g/mol. The second-order valence-electron chi connectivity index (χ2n) is 9.22. The molecular weight excluding hydrogens is 434 g/mol. The number of benzene rings is 2. The molecule has 8 nitrogen and oxygen atoms in total. The number of hydrogen-bond acceptors (Lipinski definition) is 6. The normalized spacial score (nSPS) is 15.6. The molecule has 1 saturated heterocycles. The van der Waals surface area contributed by atoms with Crippen LogP contribution in [0.15, 0.2) is 30.3 Å². The van der Waals surface area contributed by atoms with Crippen molar-refractivity contribution in [3.63, 3.8) is 0 Å². The molecule has 0 radical (unpaired) electrons.